The summed E-state index contributed by atoms with van der Waals surface area (Å²) in [5, 5.41) is 0. The van der Waals surface area contributed by atoms with Crippen LogP contribution in [0.4, 0.5) is 13.2 Å². The molecule has 3 amide bonds. The molecule has 2 heterocycles. The van der Waals surface area contributed by atoms with Crippen molar-refractivity contribution in [3.8, 4) is 0 Å². The lowest BCUT2D eigenvalue weighted by Gasteiger charge is -2.33. The number of rotatable bonds is 3. The van der Waals surface area contributed by atoms with Crippen LogP contribution in [0.1, 0.15) is 41.6 Å². The minimum atomic E-state index is -4.29. The Labute approximate surface area is 148 Å². The third-order valence-electron chi connectivity index (χ3n) is 4.87. The number of alkyl halides is 3. The molecule has 2 fully saturated rings. The van der Waals surface area contributed by atoms with Crippen molar-refractivity contribution in [1.29, 1.82) is 0 Å². The molecule has 0 saturated carbocycles. The van der Waals surface area contributed by atoms with Gasteiger partial charge in [-0.3, -0.25) is 19.3 Å². The molecule has 1 unspecified atom stereocenters. The highest BCUT2D eigenvalue weighted by atomic mass is 19.4. The van der Waals surface area contributed by atoms with Gasteiger partial charge in [0, 0.05) is 31.5 Å². The summed E-state index contributed by atoms with van der Waals surface area (Å²) in [5.41, 5.74) is 0.993. The topological polar surface area (TPSA) is 57.7 Å². The normalized spacial score (nSPS) is 21.4. The summed E-state index contributed by atoms with van der Waals surface area (Å²) in [6.07, 6.45) is -3.50. The maximum absolute atomic E-state index is 12.9. The Balaban J connectivity index is 1.65. The lowest BCUT2D eigenvalue weighted by Crippen LogP contribution is -2.44. The van der Waals surface area contributed by atoms with Crippen molar-refractivity contribution in [2.45, 2.75) is 38.4 Å². The van der Waals surface area contributed by atoms with Crippen LogP contribution in [0, 0.1) is 5.92 Å². The number of carbonyl (C=O) groups is 3. The molecule has 0 radical (unpaired) electrons. The van der Waals surface area contributed by atoms with E-state index >= 15 is 0 Å². The van der Waals surface area contributed by atoms with Crippen LogP contribution in [0.25, 0.3) is 0 Å². The second-order valence-corrected chi connectivity index (χ2v) is 6.70. The number of amides is 3. The van der Waals surface area contributed by atoms with E-state index in [0.29, 0.717) is 24.1 Å². The molecule has 0 spiro atoms. The van der Waals surface area contributed by atoms with Crippen LogP contribution in [-0.2, 0) is 16.1 Å². The summed E-state index contributed by atoms with van der Waals surface area (Å²) in [7, 11) is 0. The second-order valence-electron chi connectivity index (χ2n) is 6.70. The molecule has 1 atom stereocenters. The van der Waals surface area contributed by atoms with Gasteiger partial charge in [-0.1, -0.05) is 12.1 Å². The molecule has 26 heavy (non-hydrogen) atoms. The Hall–Kier alpha value is -2.38. The molecular formula is C18H19F3N2O3. The number of hydrogen-bond acceptors (Lipinski definition) is 3. The van der Waals surface area contributed by atoms with Crippen molar-refractivity contribution < 1.29 is 27.6 Å². The molecule has 140 valence electrons. The van der Waals surface area contributed by atoms with Gasteiger partial charge in [0.2, 0.25) is 11.8 Å². The summed E-state index contributed by atoms with van der Waals surface area (Å²) in [5.74, 6) is -2.35. The molecule has 2 aliphatic heterocycles. The number of benzene rings is 1. The number of halogens is 3. The van der Waals surface area contributed by atoms with Crippen molar-refractivity contribution in [1.82, 2.24) is 9.80 Å². The van der Waals surface area contributed by atoms with Gasteiger partial charge in [-0.15, -0.1) is 0 Å². The molecule has 2 saturated heterocycles. The van der Waals surface area contributed by atoms with Gasteiger partial charge in [0.15, 0.2) is 0 Å². The van der Waals surface area contributed by atoms with Crippen LogP contribution >= 0.6 is 0 Å². The Morgan fingerprint density at radius 3 is 2.27 bits per heavy atom. The van der Waals surface area contributed by atoms with E-state index in [1.54, 1.807) is 12.1 Å². The molecule has 8 heteroatoms. The van der Waals surface area contributed by atoms with Crippen LogP contribution in [0.5, 0.6) is 0 Å². The third-order valence-corrected chi connectivity index (χ3v) is 4.87. The predicted molar refractivity (Wildman–Crippen MR) is 85.9 cm³/mol. The Morgan fingerprint density at radius 2 is 1.69 bits per heavy atom. The van der Waals surface area contributed by atoms with Gasteiger partial charge in [0.05, 0.1) is 12.5 Å². The molecule has 5 nitrogen and oxygen atoms in total. The number of piperidine rings is 1. The lowest BCUT2D eigenvalue weighted by atomic mass is 9.97. The Morgan fingerprint density at radius 1 is 1.08 bits per heavy atom. The smallest absolute Gasteiger partial charge is 0.338 e. The first-order valence-corrected chi connectivity index (χ1v) is 8.54. The van der Waals surface area contributed by atoms with Gasteiger partial charge < -0.3 is 4.90 Å². The average molecular weight is 368 g/mol. The molecule has 3 rings (SSSR count). The lowest BCUT2D eigenvalue weighted by molar-refractivity contribution is -0.184. The van der Waals surface area contributed by atoms with E-state index < -0.39 is 18.0 Å². The number of likely N-dealkylation sites (tertiary alicyclic amines) is 2. The minimum absolute atomic E-state index is 0.0457. The van der Waals surface area contributed by atoms with Crippen molar-refractivity contribution >= 4 is 17.7 Å². The molecule has 0 bridgehead atoms. The van der Waals surface area contributed by atoms with E-state index in [1.807, 2.05) is 0 Å². The molecule has 0 aromatic heterocycles. The minimum Gasteiger partial charge on any atom is -0.338 e. The first kappa shape index (κ1) is 18.4. The highest BCUT2D eigenvalue weighted by Gasteiger charge is 2.42. The average Bonchev–Trinajstić information content (AvgIpc) is 2.93. The fourth-order valence-electron chi connectivity index (χ4n) is 3.35. The Kier molecular flexibility index (Phi) is 5.02. The van der Waals surface area contributed by atoms with E-state index in [1.165, 1.54) is 21.9 Å². The largest absolute Gasteiger partial charge is 0.393 e. The van der Waals surface area contributed by atoms with Gasteiger partial charge in [-0.25, -0.2) is 0 Å². The molecular weight excluding hydrogens is 349 g/mol. The summed E-state index contributed by atoms with van der Waals surface area (Å²) >= 11 is 0. The van der Waals surface area contributed by atoms with Crippen molar-refractivity contribution in [3.05, 3.63) is 35.4 Å². The number of carbonyl (C=O) groups excluding carboxylic acids is 3. The maximum Gasteiger partial charge on any atom is 0.393 e. The second kappa shape index (κ2) is 7.09. The van der Waals surface area contributed by atoms with E-state index in [2.05, 4.69) is 0 Å². The third kappa shape index (κ3) is 3.89. The van der Waals surface area contributed by atoms with Gasteiger partial charge in [-0.2, -0.15) is 13.2 Å². The van der Waals surface area contributed by atoms with Crippen LogP contribution in [0.3, 0.4) is 0 Å². The van der Waals surface area contributed by atoms with Crippen molar-refractivity contribution in [2.24, 2.45) is 5.92 Å². The predicted octanol–water partition coefficient (Wildman–Crippen LogP) is 2.75. The molecule has 1 aromatic rings. The monoisotopic (exact) mass is 368 g/mol. The fourth-order valence-corrected chi connectivity index (χ4v) is 3.35. The summed E-state index contributed by atoms with van der Waals surface area (Å²) in [4.78, 5) is 38.2. The van der Waals surface area contributed by atoms with E-state index in [0.717, 1.165) is 0 Å². The maximum atomic E-state index is 12.9. The zero-order chi connectivity index (χ0) is 18.9. The Bertz CT molecular complexity index is 699. The summed E-state index contributed by atoms with van der Waals surface area (Å²) < 4.78 is 38.7. The zero-order valence-corrected chi connectivity index (χ0v) is 14.1. The number of hydrogen-bond donors (Lipinski definition) is 0. The van der Waals surface area contributed by atoms with Crippen LogP contribution < -0.4 is 0 Å². The summed E-state index contributed by atoms with van der Waals surface area (Å²) in [6.45, 7) is 0.136. The SMILES string of the molecule is O=C(c1ccc(CN2C(=O)CCC2=O)cc1)N1CCCC(C(F)(F)F)C1. The van der Waals surface area contributed by atoms with Crippen LogP contribution in [-0.4, -0.2) is 46.8 Å². The highest BCUT2D eigenvalue weighted by molar-refractivity contribution is 6.01. The van der Waals surface area contributed by atoms with E-state index in [4.69, 9.17) is 0 Å². The molecule has 0 aliphatic carbocycles. The van der Waals surface area contributed by atoms with Gasteiger partial charge >= 0.3 is 6.18 Å². The van der Waals surface area contributed by atoms with Gasteiger partial charge in [-0.05, 0) is 30.5 Å². The van der Waals surface area contributed by atoms with Gasteiger partial charge in [0.1, 0.15) is 0 Å². The quantitative estimate of drug-likeness (QED) is 0.771. The first-order chi connectivity index (χ1) is 12.3. The van der Waals surface area contributed by atoms with E-state index in [9.17, 15) is 27.6 Å². The van der Waals surface area contributed by atoms with Gasteiger partial charge in [0.25, 0.3) is 5.91 Å². The molecule has 1 aromatic carbocycles. The fraction of sp³-hybridized carbons (Fsp3) is 0.500. The molecule has 2 aliphatic rings. The first-order valence-electron chi connectivity index (χ1n) is 8.54. The van der Waals surface area contributed by atoms with Crippen molar-refractivity contribution in [2.75, 3.05) is 13.1 Å². The highest BCUT2D eigenvalue weighted by Crippen LogP contribution is 2.33. The summed E-state index contributed by atoms with van der Waals surface area (Å²) in [6, 6.07) is 6.30. The standard InChI is InChI=1S/C18H19F3N2O3/c19-18(20,21)14-2-1-9-22(11-14)17(26)13-5-3-12(4-6-13)10-23-15(24)7-8-16(23)25/h3-6,14H,1-2,7-11H2. The molecule has 0 N–H and O–H groups in total. The van der Waals surface area contributed by atoms with Crippen molar-refractivity contribution in [3.63, 3.8) is 0 Å². The number of nitrogens with zero attached hydrogens (tertiary/aromatic N) is 2. The number of imide groups is 1. The zero-order valence-electron chi connectivity index (χ0n) is 14.1. The van der Waals surface area contributed by atoms with Crippen LogP contribution in [0.15, 0.2) is 24.3 Å². The van der Waals surface area contributed by atoms with Crippen LogP contribution in [0.2, 0.25) is 0 Å². The van der Waals surface area contributed by atoms with E-state index in [-0.39, 0.29) is 44.2 Å².